The lowest BCUT2D eigenvalue weighted by Gasteiger charge is -2.31. The number of nitrogens with one attached hydrogen (secondary N) is 2. The average molecular weight is 614 g/mol. The standard InChI is InChI=1S/C31H31N7O5S/c1-19-18-44-30(33-19)35-29(39)21-7-11-24(12-8-21)43-25-13-14-32-28-26(25)27(34-22-4-3-15-37(17-22)31(40)41)36-38(28)16-20-5-9-23(42-2)10-6-20/h5-14,18,22H,3-4,15-17H2,1-2H3,(H,34,36)(H,40,41)(H,33,35,39)/t22-/m1/s1. The first-order valence-corrected chi connectivity index (χ1v) is 15.0. The van der Waals surface area contributed by atoms with E-state index in [-0.39, 0.29) is 11.9 Å². The molecule has 0 aliphatic carbocycles. The van der Waals surface area contributed by atoms with Crippen molar-refractivity contribution in [3.63, 3.8) is 0 Å². The number of hydrogen-bond acceptors (Lipinski definition) is 9. The van der Waals surface area contributed by atoms with E-state index in [1.54, 1.807) is 48.3 Å². The SMILES string of the molecule is COc1ccc(Cn2nc(N[C@@H]3CCCN(C(=O)O)C3)c3c(Oc4ccc(C(=O)Nc5nc(C)cs5)cc4)ccnc32)cc1. The van der Waals surface area contributed by atoms with Crippen LogP contribution in [-0.4, -0.2) is 68.0 Å². The molecule has 6 rings (SSSR count). The molecular weight excluding hydrogens is 582 g/mol. The number of aryl methyl sites for hydroxylation is 1. The van der Waals surface area contributed by atoms with Crippen LogP contribution in [-0.2, 0) is 6.54 Å². The van der Waals surface area contributed by atoms with Crippen LogP contribution in [0.5, 0.6) is 17.2 Å². The van der Waals surface area contributed by atoms with Crippen molar-refractivity contribution < 1.29 is 24.2 Å². The van der Waals surface area contributed by atoms with Gasteiger partial charge >= 0.3 is 6.09 Å². The lowest BCUT2D eigenvalue weighted by atomic mass is 10.1. The first-order chi connectivity index (χ1) is 21.4. The molecule has 44 heavy (non-hydrogen) atoms. The monoisotopic (exact) mass is 613 g/mol. The Morgan fingerprint density at radius 2 is 1.86 bits per heavy atom. The Morgan fingerprint density at radius 1 is 1.09 bits per heavy atom. The zero-order valence-corrected chi connectivity index (χ0v) is 25.0. The Bertz CT molecular complexity index is 1790. The van der Waals surface area contributed by atoms with Crippen LogP contribution in [0.1, 0.15) is 34.5 Å². The summed E-state index contributed by atoms with van der Waals surface area (Å²) in [6.07, 6.45) is 2.28. The minimum atomic E-state index is -0.934. The number of benzene rings is 2. The van der Waals surface area contributed by atoms with Gasteiger partial charge < -0.3 is 24.8 Å². The number of likely N-dealkylation sites (tertiary alicyclic amines) is 1. The fourth-order valence-corrected chi connectivity index (χ4v) is 5.80. The van der Waals surface area contributed by atoms with Gasteiger partial charge in [0.25, 0.3) is 5.91 Å². The second-order valence-electron chi connectivity index (χ2n) is 10.4. The molecule has 0 radical (unpaired) electrons. The number of carbonyl (C=O) groups is 2. The zero-order valence-electron chi connectivity index (χ0n) is 24.2. The number of fused-ring (bicyclic) bond motifs is 1. The summed E-state index contributed by atoms with van der Waals surface area (Å²) in [4.78, 5) is 34.7. The Morgan fingerprint density at radius 3 is 2.57 bits per heavy atom. The highest BCUT2D eigenvalue weighted by molar-refractivity contribution is 7.13. The van der Waals surface area contributed by atoms with Gasteiger partial charge in [0.15, 0.2) is 16.6 Å². The number of aromatic nitrogens is 4. The highest BCUT2D eigenvalue weighted by Crippen LogP contribution is 2.35. The number of methoxy groups -OCH3 is 1. The average Bonchev–Trinajstić information content (AvgIpc) is 3.60. The Balaban J connectivity index is 1.29. The summed E-state index contributed by atoms with van der Waals surface area (Å²) in [6.45, 7) is 3.18. The van der Waals surface area contributed by atoms with Crippen LogP contribution >= 0.6 is 11.3 Å². The van der Waals surface area contributed by atoms with Crippen LogP contribution in [0.15, 0.2) is 66.2 Å². The fourth-order valence-electron chi connectivity index (χ4n) is 5.11. The van der Waals surface area contributed by atoms with Crippen LogP contribution < -0.4 is 20.1 Å². The number of nitrogens with zero attached hydrogens (tertiary/aromatic N) is 5. The molecule has 1 atom stereocenters. The molecule has 2 aromatic carbocycles. The summed E-state index contributed by atoms with van der Waals surface area (Å²) in [7, 11) is 1.63. The number of hydrogen-bond donors (Lipinski definition) is 3. The van der Waals surface area contributed by atoms with Crippen molar-refractivity contribution >= 4 is 45.3 Å². The highest BCUT2D eigenvalue weighted by Gasteiger charge is 2.26. The van der Waals surface area contributed by atoms with Gasteiger partial charge in [-0.1, -0.05) is 12.1 Å². The van der Waals surface area contributed by atoms with E-state index in [0.717, 1.165) is 29.8 Å². The van der Waals surface area contributed by atoms with Crippen LogP contribution in [0.2, 0.25) is 0 Å². The number of amides is 2. The van der Waals surface area contributed by atoms with Crippen molar-refractivity contribution in [3.05, 3.63) is 83.0 Å². The number of thiazole rings is 1. The van der Waals surface area contributed by atoms with Gasteiger partial charge in [-0.25, -0.2) is 19.4 Å². The summed E-state index contributed by atoms with van der Waals surface area (Å²) in [5.74, 6) is 2.12. The number of anilines is 2. The maximum Gasteiger partial charge on any atom is 0.407 e. The fraction of sp³-hybridized carbons (Fsp3) is 0.258. The Hall–Kier alpha value is -5.17. The smallest absolute Gasteiger partial charge is 0.407 e. The number of carbonyl (C=O) groups excluding carboxylic acids is 1. The maximum atomic E-state index is 12.7. The van der Waals surface area contributed by atoms with E-state index >= 15 is 0 Å². The van der Waals surface area contributed by atoms with Gasteiger partial charge in [-0.3, -0.25) is 10.1 Å². The van der Waals surface area contributed by atoms with Crippen molar-refractivity contribution in [2.45, 2.75) is 32.4 Å². The first-order valence-electron chi connectivity index (χ1n) is 14.1. The largest absolute Gasteiger partial charge is 0.497 e. The summed E-state index contributed by atoms with van der Waals surface area (Å²) in [5.41, 5.74) is 2.94. The van der Waals surface area contributed by atoms with Crippen LogP contribution in [0.25, 0.3) is 11.0 Å². The summed E-state index contributed by atoms with van der Waals surface area (Å²) >= 11 is 1.37. The third-order valence-corrected chi connectivity index (χ3v) is 8.18. The van der Waals surface area contributed by atoms with Crippen LogP contribution in [0, 0.1) is 6.92 Å². The van der Waals surface area contributed by atoms with Crippen molar-refractivity contribution in [2.24, 2.45) is 0 Å². The van der Waals surface area contributed by atoms with Crippen molar-refractivity contribution in [1.82, 2.24) is 24.6 Å². The molecule has 12 nitrogen and oxygen atoms in total. The van der Waals surface area contributed by atoms with Gasteiger partial charge in [0.1, 0.15) is 22.6 Å². The van der Waals surface area contributed by atoms with E-state index in [4.69, 9.17) is 14.6 Å². The molecule has 13 heteroatoms. The minimum Gasteiger partial charge on any atom is -0.497 e. The molecule has 2 amide bonds. The molecule has 1 fully saturated rings. The quantitative estimate of drug-likeness (QED) is 0.186. The second kappa shape index (κ2) is 12.6. The molecule has 0 saturated carbocycles. The molecule has 0 bridgehead atoms. The predicted molar refractivity (Wildman–Crippen MR) is 167 cm³/mol. The Kier molecular flexibility index (Phi) is 8.28. The topological polar surface area (TPSA) is 144 Å². The van der Waals surface area contributed by atoms with Gasteiger partial charge in [-0.05, 0) is 61.7 Å². The van der Waals surface area contributed by atoms with Crippen LogP contribution in [0.3, 0.4) is 0 Å². The number of ether oxygens (including phenoxy) is 2. The Labute approximate surface area is 257 Å². The molecule has 1 aliphatic heterocycles. The van der Waals surface area contributed by atoms with E-state index < -0.39 is 6.09 Å². The molecule has 0 spiro atoms. The lowest BCUT2D eigenvalue weighted by Crippen LogP contribution is -2.44. The number of carboxylic acid groups (broad SMARTS) is 1. The molecule has 3 aromatic heterocycles. The van der Waals surface area contributed by atoms with Crippen molar-refractivity contribution in [3.8, 4) is 17.2 Å². The number of piperidine rings is 1. The third kappa shape index (κ3) is 6.42. The van der Waals surface area contributed by atoms with Gasteiger partial charge in [0.2, 0.25) is 0 Å². The van der Waals surface area contributed by atoms with E-state index in [0.29, 0.717) is 58.7 Å². The molecule has 1 aliphatic rings. The predicted octanol–water partition coefficient (Wildman–Crippen LogP) is 5.85. The molecule has 5 aromatic rings. The molecular formula is C31H31N7O5S. The van der Waals surface area contributed by atoms with Gasteiger partial charge in [-0.2, -0.15) is 5.10 Å². The summed E-state index contributed by atoms with van der Waals surface area (Å²) < 4.78 is 13.4. The van der Waals surface area contributed by atoms with Gasteiger partial charge in [0.05, 0.1) is 19.3 Å². The summed E-state index contributed by atoms with van der Waals surface area (Å²) in [6, 6.07) is 16.2. The maximum absolute atomic E-state index is 12.7. The number of pyridine rings is 1. The normalized spacial score (nSPS) is 14.8. The van der Waals surface area contributed by atoms with E-state index in [1.165, 1.54) is 16.2 Å². The highest BCUT2D eigenvalue weighted by atomic mass is 32.1. The van der Waals surface area contributed by atoms with Crippen molar-refractivity contribution in [2.75, 3.05) is 30.8 Å². The van der Waals surface area contributed by atoms with Gasteiger partial charge in [-0.15, -0.1) is 11.3 Å². The molecule has 1 saturated heterocycles. The lowest BCUT2D eigenvalue weighted by molar-refractivity contribution is 0.102. The van der Waals surface area contributed by atoms with Crippen molar-refractivity contribution in [1.29, 1.82) is 0 Å². The third-order valence-electron chi connectivity index (χ3n) is 7.30. The van der Waals surface area contributed by atoms with E-state index in [2.05, 4.69) is 20.6 Å². The molecule has 226 valence electrons. The zero-order chi connectivity index (χ0) is 30.6. The number of rotatable bonds is 9. The van der Waals surface area contributed by atoms with Crippen LogP contribution in [0.4, 0.5) is 15.7 Å². The first kappa shape index (κ1) is 28.9. The minimum absolute atomic E-state index is 0.125. The van der Waals surface area contributed by atoms with E-state index in [9.17, 15) is 14.7 Å². The molecule has 4 heterocycles. The molecule has 0 unspecified atom stereocenters. The second-order valence-corrected chi connectivity index (χ2v) is 11.3. The van der Waals surface area contributed by atoms with Gasteiger partial charge in [0, 0.05) is 42.3 Å². The van der Waals surface area contributed by atoms with E-state index in [1.807, 2.05) is 36.6 Å². The summed E-state index contributed by atoms with van der Waals surface area (Å²) in [5, 5.41) is 23.8. The molecule has 3 N–H and O–H groups in total.